The minimum atomic E-state index is -0.850. The fraction of sp³-hybridized carbons (Fsp3) is 0.667. The van der Waals surface area contributed by atoms with Crippen LogP contribution in [0.3, 0.4) is 0 Å². The third-order valence-corrected chi connectivity index (χ3v) is 2.04. The lowest BCUT2D eigenvalue weighted by Gasteiger charge is -2.15. The van der Waals surface area contributed by atoms with Crippen molar-refractivity contribution in [1.82, 2.24) is 4.90 Å². The molecule has 3 nitrogen and oxygen atoms in total. The number of carboxylic acids is 1. The molecule has 0 radical (unpaired) electrons. The first-order chi connectivity index (χ1) is 5.59. The number of carbonyl (C=O) groups is 1. The summed E-state index contributed by atoms with van der Waals surface area (Å²) in [6.07, 6.45) is 3.80. The van der Waals surface area contributed by atoms with E-state index in [0.717, 1.165) is 12.1 Å². The van der Waals surface area contributed by atoms with E-state index < -0.39 is 5.97 Å². The molecule has 0 saturated heterocycles. The Morgan fingerprint density at radius 2 is 2.25 bits per heavy atom. The summed E-state index contributed by atoms with van der Waals surface area (Å²) >= 11 is 0. The molecule has 1 fully saturated rings. The first-order valence-electron chi connectivity index (χ1n) is 4.20. The van der Waals surface area contributed by atoms with Crippen LogP contribution in [0.2, 0.25) is 0 Å². The number of likely N-dealkylation sites (N-methyl/N-ethyl adjacent to an activating group) is 1. The summed E-state index contributed by atoms with van der Waals surface area (Å²) in [6, 6.07) is 0.696. The average molecular weight is 169 g/mol. The molecule has 3 heteroatoms. The lowest BCUT2D eigenvalue weighted by molar-refractivity contribution is -0.131. The van der Waals surface area contributed by atoms with Crippen LogP contribution in [0.4, 0.5) is 0 Å². The van der Waals surface area contributed by atoms with Crippen LogP contribution in [0.1, 0.15) is 19.8 Å². The minimum absolute atomic E-state index is 0.696. The number of aliphatic carboxylic acids is 1. The van der Waals surface area contributed by atoms with Gasteiger partial charge < -0.3 is 5.11 Å². The van der Waals surface area contributed by atoms with Crippen molar-refractivity contribution in [1.29, 1.82) is 0 Å². The number of hydrogen-bond donors (Lipinski definition) is 1. The van der Waals surface area contributed by atoms with Crippen LogP contribution in [0.25, 0.3) is 0 Å². The van der Waals surface area contributed by atoms with Gasteiger partial charge in [-0.15, -0.1) is 0 Å². The van der Waals surface area contributed by atoms with Crippen molar-refractivity contribution in [3.63, 3.8) is 0 Å². The van der Waals surface area contributed by atoms with Gasteiger partial charge in [-0.1, -0.05) is 5.57 Å². The van der Waals surface area contributed by atoms with E-state index in [1.165, 1.54) is 18.9 Å². The molecule has 1 aliphatic carbocycles. The van der Waals surface area contributed by atoms with Gasteiger partial charge in [0.1, 0.15) is 0 Å². The number of hydrogen-bond acceptors (Lipinski definition) is 2. The molecule has 0 unspecified atom stereocenters. The monoisotopic (exact) mass is 169 g/mol. The topological polar surface area (TPSA) is 40.5 Å². The molecular formula is C9H15NO2. The van der Waals surface area contributed by atoms with Gasteiger partial charge in [0.15, 0.2) is 0 Å². The van der Waals surface area contributed by atoms with Crippen LogP contribution in [-0.2, 0) is 4.79 Å². The number of nitrogens with zero attached hydrogens (tertiary/aromatic N) is 1. The zero-order valence-electron chi connectivity index (χ0n) is 7.58. The summed E-state index contributed by atoms with van der Waals surface area (Å²) in [4.78, 5) is 12.5. The molecule has 0 bridgehead atoms. The third-order valence-electron chi connectivity index (χ3n) is 2.04. The van der Waals surface area contributed by atoms with Crippen LogP contribution in [0, 0.1) is 0 Å². The Balaban J connectivity index is 2.33. The SMILES string of the molecule is CC(=CC(=O)O)CN(C)C1CC1. The van der Waals surface area contributed by atoms with Gasteiger partial charge in [-0.3, -0.25) is 4.90 Å². The van der Waals surface area contributed by atoms with E-state index in [1.807, 2.05) is 14.0 Å². The molecule has 1 N–H and O–H groups in total. The highest BCUT2D eigenvalue weighted by molar-refractivity contribution is 5.80. The van der Waals surface area contributed by atoms with Crippen LogP contribution < -0.4 is 0 Å². The molecule has 0 aliphatic heterocycles. The van der Waals surface area contributed by atoms with Crippen molar-refractivity contribution >= 4 is 5.97 Å². The summed E-state index contributed by atoms with van der Waals surface area (Å²) < 4.78 is 0. The summed E-state index contributed by atoms with van der Waals surface area (Å²) in [5.41, 5.74) is 0.914. The molecule has 0 spiro atoms. The van der Waals surface area contributed by atoms with Crippen molar-refractivity contribution in [3.8, 4) is 0 Å². The van der Waals surface area contributed by atoms with Gasteiger partial charge in [0.05, 0.1) is 0 Å². The lowest BCUT2D eigenvalue weighted by atomic mass is 10.2. The number of rotatable bonds is 4. The molecule has 0 amide bonds. The Labute approximate surface area is 72.7 Å². The maximum Gasteiger partial charge on any atom is 0.328 e. The van der Waals surface area contributed by atoms with E-state index in [-0.39, 0.29) is 0 Å². The predicted molar refractivity (Wildman–Crippen MR) is 47.0 cm³/mol. The summed E-state index contributed by atoms with van der Waals surface area (Å²) in [5, 5.41) is 8.46. The molecule has 1 aliphatic rings. The third kappa shape index (κ3) is 3.05. The Hall–Kier alpha value is -0.830. The Kier molecular flexibility index (Phi) is 2.87. The van der Waals surface area contributed by atoms with E-state index in [4.69, 9.17) is 5.11 Å². The first kappa shape index (κ1) is 9.26. The molecule has 0 aromatic carbocycles. The largest absolute Gasteiger partial charge is 0.478 e. The molecule has 68 valence electrons. The number of carboxylic acid groups (broad SMARTS) is 1. The fourth-order valence-electron chi connectivity index (χ4n) is 1.29. The summed E-state index contributed by atoms with van der Waals surface area (Å²) in [5.74, 6) is -0.850. The Bertz CT molecular complexity index is 207. The second-order valence-electron chi connectivity index (χ2n) is 3.48. The second kappa shape index (κ2) is 3.72. The standard InChI is InChI=1S/C9H15NO2/c1-7(5-9(11)12)6-10(2)8-3-4-8/h5,8H,3-4,6H2,1-2H3,(H,11,12). The molecular weight excluding hydrogens is 154 g/mol. The van der Waals surface area contributed by atoms with Crippen molar-refractivity contribution in [2.45, 2.75) is 25.8 Å². The smallest absolute Gasteiger partial charge is 0.328 e. The van der Waals surface area contributed by atoms with Crippen LogP contribution in [0.5, 0.6) is 0 Å². The molecule has 0 heterocycles. The zero-order valence-corrected chi connectivity index (χ0v) is 7.58. The highest BCUT2D eigenvalue weighted by atomic mass is 16.4. The van der Waals surface area contributed by atoms with Gasteiger partial charge in [-0.25, -0.2) is 4.79 Å². The molecule has 12 heavy (non-hydrogen) atoms. The van der Waals surface area contributed by atoms with Gasteiger partial charge in [-0.05, 0) is 26.8 Å². The quantitative estimate of drug-likeness (QED) is 0.641. The van der Waals surface area contributed by atoms with E-state index in [0.29, 0.717) is 6.04 Å². The lowest BCUT2D eigenvalue weighted by Crippen LogP contribution is -2.22. The summed E-state index contributed by atoms with van der Waals surface area (Å²) in [6.45, 7) is 2.63. The van der Waals surface area contributed by atoms with Gasteiger partial charge in [-0.2, -0.15) is 0 Å². The van der Waals surface area contributed by atoms with Gasteiger partial charge in [0.25, 0.3) is 0 Å². The molecule has 0 aromatic rings. The van der Waals surface area contributed by atoms with E-state index in [1.54, 1.807) is 0 Å². The predicted octanol–water partition coefficient (Wildman–Crippen LogP) is 1.11. The zero-order chi connectivity index (χ0) is 9.14. The van der Waals surface area contributed by atoms with E-state index >= 15 is 0 Å². The highest BCUT2D eigenvalue weighted by Gasteiger charge is 2.25. The van der Waals surface area contributed by atoms with Crippen LogP contribution in [0.15, 0.2) is 11.6 Å². The highest BCUT2D eigenvalue weighted by Crippen LogP contribution is 2.25. The van der Waals surface area contributed by atoms with Crippen LogP contribution in [-0.4, -0.2) is 35.6 Å². The molecule has 0 aromatic heterocycles. The molecule has 1 saturated carbocycles. The van der Waals surface area contributed by atoms with Crippen molar-refractivity contribution in [2.24, 2.45) is 0 Å². The second-order valence-corrected chi connectivity index (χ2v) is 3.48. The average Bonchev–Trinajstić information content (AvgIpc) is 2.63. The first-order valence-corrected chi connectivity index (χ1v) is 4.20. The Morgan fingerprint density at radius 3 is 2.67 bits per heavy atom. The minimum Gasteiger partial charge on any atom is -0.478 e. The van der Waals surface area contributed by atoms with Gasteiger partial charge >= 0.3 is 5.97 Å². The maximum atomic E-state index is 10.3. The maximum absolute atomic E-state index is 10.3. The normalized spacial score (nSPS) is 18.4. The van der Waals surface area contributed by atoms with Crippen molar-refractivity contribution in [3.05, 3.63) is 11.6 Å². The Morgan fingerprint density at radius 1 is 1.67 bits per heavy atom. The van der Waals surface area contributed by atoms with Crippen LogP contribution >= 0.6 is 0 Å². The van der Waals surface area contributed by atoms with E-state index in [2.05, 4.69) is 4.90 Å². The molecule has 1 rings (SSSR count). The van der Waals surface area contributed by atoms with Crippen molar-refractivity contribution in [2.75, 3.05) is 13.6 Å². The summed E-state index contributed by atoms with van der Waals surface area (Å²) in [7, 11) is 2.04. The molecule has 0 atom stereocenters. The van der Waals surface area contributed by atoms with Gasteiger partial charge in [0, 0.05) is 18.7 Å². The fourth-order valence-corrected chi connectivity index (χ4v) is 1.29. The van der Waals surface area contributed by atoms with Gasteiger partial charge in [0.2, 0.25) is 0 Å². The van der Waals surface area contributed by atoms with E-state index in [9.17, 15) is 4.79 Å². The van der Waals surface area contributed by atoms with Crippen molar-refractivity contribution < 1.29 is 9.90 Å².